The van der Waals surface area contributed by atoms with Crippen LogP contribution in [-0.4, -0.2) is 108 Å². The quantitative estimate of drug-likeness (QED) is 0.371. The number of likely N-dealkylation sites (tertiary alicyclic amines) is 1. The highest BCUT2D eigenvalue weighted by molar-refractivity contribution is 8.02. The lowest BCUT2D eigenvalue weighted by molar-refractivity contribution is -0.140. The summed E-state index contributed by atoms with van der Waals surface area (Å²) >= 11 is 1.70. The number of aliphatic hydroxyl groups excluding tert-OH is 1. The number of aliphatic hydroxyl groups is 1. The summed E-state index contributed by atoms with van der Waals surface area (Å²) < 4.78 is 4.52. The lowest BCUT2D eigenvalue weighted by Gasteiger charge is -2.35. The van der Waals surface area contributed by atoms with Crippen molar-refractivity contribution in [3.63, 3.8) is 0 Å². The zero-order valence-corrected chi connectivity index (χ0v) is 20.6. The number of unbranched alkanes of at least 4 members (excludes halogenated alkanes) is 2. The van der Waals surface area contributed by atoms with E-state index in [4.69, 9.17) is 9.84 Å². The van der Waals surface area contributed by atoms with Crippen LogP contribution in [0.2, 0.25) is 0 Å². The molecule has 3 N–H and O–H groups in total. The zero-order valence-electron chi connectivity index (χ0n) is 19.8. The predicted molar refractivity (Wildman–Crippen MR) is 126 cm³/mol. The van der Waals surface area contributed by atoms with Crippen molar-refractivity contribution in [2.24, 2.45) is 11.8 Å². The summed E-state index contributed by atoms with van der Waals surface area (Å²) in [5, 5.41) is 15.0. The van der Waals surface area contributed by atoms with Crippen molar-refractivity contribution in [1.29, 1.82) is 0 Å². The molecule has 0 saturated carbocycles. The van der Waals surface area contributed by atoms with Gasteiger partial charge in [-0.05, 0) is 39.0 Å². The first kappa shape index (κ1) is 24.8. The Morgan fingerprint density at radius 3 is 2.61 bits per heavy atom. The van der Waals surface area contributed by atoms with Crippen molar-refractivity contribution in [2.45, 2.75) is 54.6 Å². The minimum absolute atomic E-state index is 0.0585. The van der Waals surface area contributed by atoms with Crippen molar-refractivity contribution in [3.05, 3.63) is 0 Å². The normalized spacial score (nSPS) is 35.7. The second-order valence-electron chi connectivity index (χ2n) is 9.90. The van der Waals surface area contributed by atoms with Crippen LogP contribution in [0.25, 0.3) is 0 Å². The van der Waals surface area contributed by atoms with E-state index in [0.717, 1.165) is 45.3 Å². The van der Waals surface area contributed by atoms with Crippen LogP contribution in [0.15, 0.2) is 0 Å². The molecule has 33 heavy (non-hydrogen) atoms. The van der Waals surface area contributed by atoms with Crippen molar-refractivity contribution in [2.75, 3.05) is 59.6 Å². The van der Waals surface area contributed by atoms with Crippen LogP contribution in [0, 0.1) is 11.8 Å². The molecule has 0 aromatic carbocycles. The molecule has 3 amide bonds. The van der Waals surface area contributed by atoms with Gasteiger partial charge in [0.1, 0.15) is 6.04 Å². The average molecular weight is 483 g/mol. The number of hydrogen-bond donors (Lipinski definition) is 3. The molecule has 5 atom stereocenters. The number of thioether (sulfide) groups is 1. The highest BCUT2D eigenvalue weighted by atomic mass is 32.2. The fraction of sp³-hybridized carbons (Fsp3) is 0.870. The van der Waals surface area contributed by atoms with Gasteiger partial charge < -0.3 is 25.4 Å². The number of amides is 3. The van der Waals surface area contributed by atoms with Crippen molar-refractivity contribution >= 4 is 29.5 Å². The minimum atomic E-state index is -0.560. The molecule has 186 valence electrons. The Balaban J connectivity index is 1.53. The third-order valence-electron chi connectivity index (χ3n) is 7.94. The zero-order chi connectivity index (χ0) is 23.6. The van der Waals surface area contributed by atoms with E-state index in [-0.39, 0.29) is 29.1 Å². The molecule has 0 aromatic heterocycles. The van der Waals surface area contributed by atoms with E-state index in [1.54, 1.807) is 23.7 Å². The largest absolute Gasteiger partial charge is 0.396 e. The molecule has 4 heterocycles. The number of nitrogens with one attached hydrogen (secondary N) is 2. The van der Waals surface area contributed by atoms with Crippen LogP contribution in [0.3, 0.4) is 0 Å². The molecule has 0 aromatic rings. The van der Waals surface area contributed by atoms with Gasteiger partial charge in [-0.2, -0.15) is 0 Å². The van der Waals surface area contributed by atoms with Gasteiger partial charge in [-0.1, -0.05) is 0 Å². The standard InChI is InChI=1S/C23H38N4O5S/c1-22-6-7-23(33-22)17(16(22)19(29)24-2)21(31)27(9-4-3-5-13-28)18(23)20(30)25-8-10-26-11-14-32-15-12-26/h16-18,28H,3-15H2,1-2H3,(H,24,29)(H,25,30)/t16-,17-,18?,22+,23?/m0/s1. The van der Waals surface area contributed by atoms with Crippen LogP contribution >= 0.6 is 11.8 Å². The van der Waals surface area contributed by atoms with Crippen LogP contribution < -0.4 is 10.6 Å². The maximum atomic E-state index is 13.7. The van der Waals surface area contributed by atoms with E-state index >= 15 is 0 Å². The summed E-state index contributed by atoms with van der Waals surface area (Å²) in [6.45, 7) is 7.14. The van der Waals surface area contributed by atoms with Gasteiger partial charge in [0.25, 0.3) is 0 Å². The molecule has 10 heteroatoms. The number of fused-ring (bicyclic) bond motifs is 1. The molecule has 4 aliphatic heterocycles. The van der Waals surface area contributed by atoms with Gasteiger partial charge in [0, 0.05) is 51.1 Å². The van der Waals surface area contributed by atoms with E-state index in [0.29, 0.717) is 32.7 Å². The van der Waals surface area contributed by atoms with E-state index in [2.05, 4.69) is 22.5 Å². The number of morpholine rings is 1. The number of hydrogen-bond acceptors (Lipinski definition) is 7. The summed E-state index contributed by atoms with van der Waals surface area (Å²) in [5.74, 6) is -1.14. The number of carbonyl (C=O) groups is 3. The Kier molecular flexibility index (Phi) is 7.57. The second-order valence-corrected chi connectivity index (χ2v) is 11.8. The van der Waals surface area contributed by atoms with Gasteiger partial charge in [-0.25, -0.2) is 0 Å². The SMILES string of the molecule is CNC(=O)[C@@H]1[C@H]2C(=O)N(CCCCCO)C(C(=O)NCCN3CCOCC3)C23CC[C@@]1(C)S3. The summed E-state index contributed by atoms with van der Waals surface area (Å²) in [6, 6.07) is -0.560. The predicted octanol–water partition coefficient (Wildman–Crippen LogP) is -0.175. The van der Waals surface area contributed by atoms with Crippen LogP contribution in [-0.2, 0) is 19.1 Å². The lowest BCUT2D eigenvalue weighted by atomic mass is 9.66. The van der Waals surface area contributed by atoms with Gasteiger partial charge >= 0.3 is 0 Å². The molecule has 4 fully saturated rings. The lowest BCUT2D eigenvalue weighted by Crippen LogP contribution is -2.54. The number of nitrogens with zero attached hydrogens (tertiary/aromatic N) is 2. The van der Waals surface area contributed by atoms with Crippen molar-refractivity contribution < 1.29 is 24.2 Å². The number of carbonyl (C=O) groups excluding carboxylic acids is 3. The topological polar surface area (TPSA) is 111 Å². The molecular formula is C23H38N4O5S. The molecular weight excluding hydrogens is 444 g/mol. The average Bonchev–Trinajstić information content (AvgIpc) is 3.38. The van der Waals surface area contributed by atoms with E-state index < -0.39 is 22.6 Å². The fourth-order valence-corrected chi connectivity index (χ4v) is 8.71. The van der Waals surface area contributed by atoms with Crippen LogP contribution in [0.4, 0.5) is 0 Å². The first-order valence-corrected chi connectivity index (χ1v) is 13.1. The molecule has 2 bridgehead atoms. The van der Waals surface area contributed by atoms with Gasteiger partial charge in [0.05, 0.1) is 29.8 Å². The molecule has 4 rings (SSSR count). The molecule has 4 saturated heterocycles. The first-order chi connectivity index (χ1) is 15.9. The minimum Gasteiger partial charge on any atom is -0.396 e. The summed E-state index contributed by atoms with van der Waals surface area (Å²) in [4.78, 5) is 44.2. The molecule has 9 nitrogen and oxygen atoms in total. The Hall–Kier alpha value is -1.36. The third-order valence-corrected chi connectivity index (χ3v) is 9.93. The van der Waals surface area contributed by atoms with Gasteiger partial charge in [0.2, 0.25) is 17.7 Å². The third kappa shape index (κ3) is 4.39. The first-order valence-electron chi connectivity index (χ1n) is 12.3. The van der Waals surface area contributed by atoms with Gasteiger partial charge in [-0.3, -0.25) is 19.3 Å². The van der Waals surface area contributed by atoms with Crippen molar-refractivity contribution in [1.82, 2.24) is 20.4 Å². The van der Waals surface area contributed by atoms with Crippen molar-refractivity contribution in [3.8, 4) is 0 Å². The van der Waals surface area contributed by atoms with Gasteiger partial charge in [-0.15, -0.1) is 11.8 Å². The molecule has 1 spiro atoms. The van der Waals surface area contributed by atoms with E-state index in [1.165, 1.54) is 0 Å². The number of ether oxygens (including phenoxy) is 1. The van der Waals surface area contributed by atoms with E-state index in [9.17, 15) is 14.4 Å². The smallest absolute Gasteiger partial charge is 0.244 e. The summed E-state index contributed by atoms with van der Waals surface area (Å²) in [5.41, 5.74) is 0. The van der Waals surface area contributed by atoms with Crippen LogP contribution in [0.1, 0.15) is 39.0 Å². The molecule has 0 aliphatic carbocycles. The molecule has 0 radical (unpaired) electrons. The fourth-order valence-electron chi connectivity index (χ4n) is 6.35. The molecule has 4 aliphatic rings. The van der Waals surface area contributed by atoms with Gasteiger partial charge in [0.15, 0.2) is 0 Å². The Bertz CT molecular complexity index is 763. The highest BCUT2D eigenvalue weighted by Gasteiger charge is 2.76. The Morgan fingerprint density at radius 1 is 1.15 bits per heavy atom. The maximum Gasteiger partial charge on any atom is 0.244 e. The summed E-state index contributed by atoms with van der Waals surface area (Å²) in [7, 11) is 1.62. The Morgan fingerprint density at radius 2 is 1.91 bits per heavy atom. The second kappa shape index (κ2) is 10.1. The Labute approximate surface area is 200 Å². The monoisotopic (exact) mass is 482 g/mol. The highest BCUT2D eigenvalue weighted by Crippen LogP contribution is 2.71. The molecule has 2 unspecified atom stereocenters. The maximum absolute atomic E-state index is 13.7. The van der Waals surface area contributed by atoms with Crippen LogP contribution in [0.5, 0.6) is 0 Å². The summed E-state index contributed by atoms with van der Waals surface area (Å²) in [6.07, 6.45) is 3.81. The van der Waals surface area contributed by atoms with E-state index in [1.807, 2.05) is 0 Å². The number of rotatable bonds is 10.